The number of nitrogens with zero attached hydrogens (tertiary/aromatic N) is 1. The van der Waals surface area contributed by atoms with Crippen molar-refractivity contribution in [2.75, 3.05) is 11.4 Å². The molecule has 1 saturated heterocycles. The molecule has 1 N–H and O–H groups in total. The molecule has 4 nitrogen and oxygen atoms in total. The number of amides is 2. The van der Waals surface area contributed by atoms with Gasteiger partial charge in [-0.25, -0.2) is 0 Å². The van der Waals surface area contributed by atoms with E-state index in [0.29, 0.717) is 13.0 Å². The van der Waals surface area contributed by atoms with E-state index in [9.17, 15) is 9.59 Å². The molecule has 4 heteroatoms. The van der Waals surface area contributed by atoms with Crippen LogP contribution in [-0.4, -0.2) is 18.4 Å². The van der Waals surface area contributed by atoms with E-state index >= 15 is 0 Å². The minimum atomic E-state index is -0.197. The van der Waals surface area contributed by atoms with Gasteiger partial charge in [-0.1, -0.05) is 18.7 Å². The molecule has 1 aliphatic heterocycles. The number of hydrogen-bond acceptors (Lipinski definition) is 2. The maximum atomic E-state index is 11.6. The number of benzene rings is 1. The third-order valence-electron chi connectivity index (χ3n) is 2.95. The Hall–Kier alpha value is -2.10. The Morgan fingerprint density at radius 1 is 1.50 bits per heavy atom. The summed E-state index contributed by atoms with van der Waals surface area (Å²) in [6, 6.07) is 7.68. The summed E-state index contributed by atoms with van der Waals surface area (Å²) in [7, 11) is 0. The van der Waals surface area contributed by atoms with Gasteiger partial charge in [0.15, 0.2) is 0 Å². The van der Waals surface area contributed by atoms with Gasteiger partial charge in [0.1, 0.15) is 0 Å². The van der Waals surface area contributed by atoms with Crippen LogP contribution in [0.1, 0.15) is 18.4 Å². The van der Waals surface area contributed by atoms with Crippen LogP contribution >= 0.6 is 0 Å². The first-order chi connectivity index (χ1) is 8.70. The summed E-state index contributed by atoms with van der Waals surface area (Å²) in [5.41, 5.74) is 1.88. The molecule has 0 saturated carbocycles. The summed E-state index contributed by atoms with van der Waals surface area (Å²) in [6.07, 6.45) is 2.78. The van der Waals surface area contributed by atoms with E-state index < -0.39 is 0 Å². The molecule has 1 fully saturated rings. The summed E-state index contributed by atoms with van der Waals surface area (Å²) in [5, 5.41) is 2.72. The molecule has 18 heavy (non-hydrogen) atoms. The lowest BCUT2D eigenvalue weighted by molar-refractivity contribution is -0.117. The lowest BCUT2D eigenvalue weighted by Gasteiger charge is -2.16. The quantitative estimate of drug-likeness (QED) is 0.818. The maximum absolute atomic E-state index is 11.6. The predicted molar refractivity (Wildman–Crippen MR) is 70.1 cm³/mol. The highest BCUT2D eigenvalue weighted by atomic mass is 16.2. The van der Waals surface area contributed by atoms with Crippen molar-refractivity contribution in [2.45, 2.75) is 19.4 Å². The number of carbonyl (C=O) groups excluding carboxylic acids is 2. The van der Waals surface area contributed by atoms with E-state index in [1.54, 1.807) is 4.90 Å². The van der Waals surface area contributed by atoms with Gasteiger partial charge in [-0.05, 0) is 30.2 Å². The van der Waals surface area contributed by atoms with Gasteiger partial charge in [0.2, 0.25) is 11.8 Å². The van der Waals surface area contributed by atoms with Gasteiger partial charge in [0.25, 0.3) is 0 Å². The van der Waals surface area contributed by atoms with Crippen LogP contribution in [-0.2, 0) is 16.1 Å². The normalized spacial score (nSPS) is 14.7. The lowest BCUT2D eigenvalue weighted by Crippen LogP contribution is -2.24. The standard InChI is InChI=1S/C14H16N2O2/c1-2-13(17)15-10-11-5-3-6-12(9-11)16-8-4-7-14(16)18/h2-3,5-6,9H,1,4,7-8,10H2,(H,15,17). The number of anilines is 1. The molecule has 0 aromatic heterocycles. The van der Waals surface area contributed by atoms with E-state index in [0.717, 1.165) is 24.2 Å². The van der Waals surface area contributed by atoms with E-state index in [1.165, 1.54) is 6.08 Å². The molecule has 2 rings (SSSR count). The second kappa shape index (κ2) is 5.49. The van der Waals surface area contributed by atoms with E-state index in [4.69, 9.17) is 0 Å². The third kappa shape index (κ3) is 2.77. The van der Waals surface area contributed by atoms with E-state index in [-0.39, 0.29) is 11.8 Å². The molecule has 1 aromatic rings. The second-order valence-electron chi connectivity index (χ2n) is 4.24. The summed E-state index contributed by atoms with van der Waals surface area (Å²) < 4.78 is 0. The number of nitrogens with one attached hydrogen (secondary N) is 1. The van der Waals surface area contributed by atoms with Crippen molar-refractivity contribution in [1.82, 2.24) is 5.32 Å². The largest absolute Gasteiger partial charge is 0.348 e. The molecule has 0 aliphatic carbocycles. The van der Waals surface area contributed by atoms with Gasteiger partial charge < -0.3 is 10.2 Å². The Labute approximate surface area is 106 Å². The first-order valence-electron chi connectivity index (χ1n) is 6.00. The van der Waals surface area contributed by atoms with Crippen molar-refractivity contribution >= 4 is 17.5 Å². The molecule has 94 valence electrons. The van der Waals surface area contributed by atoms with Crippen molar-refractivity contribution < 1.29 is 9.59 Å². The molecule has 0 radical (unpaired) electrons. The second-order valence-corrected chi connectivity index (χ2v) is 4.24. The molecular formula is C14H16N2O2. The first kappa shape index (κ1) is 12.4. The van der Waals surface area contributed by atoms with Crippen LogP contribution in [0, 0.1) is 0 Å². The fourth-order valence-electron chi connectivity index (χ4n) is 2.02. The zero-order chi connectivity index (χ0) is 13.0. The van der Waals surface area contributed by atoms with Crippen LogP contribution < -0.4 is 10.2 Å². The van der Waals surface area contributed by atoms with E-state index in [1.807, 2.05) is 24.3 Å². The van der Waals surface area contributed by atoms with Crippen molar-refractivity contribution in [3.05, 3.63) is 42.5 Å². The number of rotatable bonds is 4. The van der Waals surface area contributed by atoms with Gasteiger partial charge in [-0.3, -0.25) is 9.59 Å². The van der Waals surface area contributed by atoms with Crippen molar-refractivity contribution in [2.24, 2.45) is 0 Å². The summed E-state index contributed by atoms with van der Waals surface area (Å²) in [4.78, 5) is 24.5. The highest BCUT2D eigenvalue weighted by Gasteiger charge is 2.21. The molecule has 1 heterocycles. The zero-order valence-electron chi connectivity index (χ0n) is 10.2. The highest BCUT2D eigenvalue weighted by Crippen LogP contribution is 2.22. The lowest BCUT2D eigenvalue weighted by atomic mass is 10.2. The Bertz CT molecular complexity index is 482. The molecule has 0 unspecified atom stereocenters. The summed E-state index contributed by atoms with van der Waals surface area (Å²) in [6.45, 7) is 4.62. The zero-order valence-corrected chi connectivity index (χ0v) is 10.2. The summed E-state index contributed by atoms with van der Waals surface area (Å²) >= 11 is 0. The van der Waals surface area contributed by atoms with Crippen LogP contribution in [0.5, 0.6) is 0 Å². The average Bonchev–Trinajstić information content (AvgIpc) is 2.82. The molecule has 0 bridgehead atoms. The Morgan fingerprint density at radius 3 is 3.00 bits per heavy atom. The van der Waals surface area contributed by atoms with Gasteiger partial charge in [0, 0.05) is 25.2 Å². The maximum Gasteiger partial charge on any atom is 0.243 e. The fraction of sp³-hybridized carbons (Fsp3) is 0.286. The minimum Gasteiger partial charge on any atom is -0.348 e. The number of carbonyl (C=O) groups is 2. The average molecular weight is 244 g/mol. The van der Waals surface area contributed by atoms with Crippen LogP contribution in [0.2, 0.25) is 0 Å². The monoisotopic (exact) mass is 244 g/mol. The van der Waals surface area contributed by atoms with Crippen molar-refractivity contribution in [3.63, 3.8) is 0 Å². The molecule has 1 aliphatic rings. The van der Waals surface area contributed by atoms with Crippen molar-refractivity contribution in [1.29, 1.82) is 0 Å². The SMILES string of the molecule is C=CC(=O)NCc1cccc(N2CCCC2=O)c1. The van der Waals surface area contributed by atoms with Crippen molar-refractivity contribution in [3.8, 4) is 0 Å². The van der Waals surface area contributed by atoms with Crippen LogP contribution in [0.25, 0.3) is 0 Å². The minimum absolute atomic E-state index is 0.169. The Kier molecular flexibility index (Phi) is 3.77. The molecular weight excluding hydrogens is 228 g/mol. The predicted octanol–water partition coefficient (Wildman–Crippen LogP) is 1.62. The smallest absolute Gasteiger partial charge is 0.243 e. The summed E-state index contributed by atoms with van der Waals surface area (Å²) in [5.74, 6) is -0.0278. The first-order valence-corrected chi connectivity index (χ1v) is 6.00. The van der Waals surface area contributed by atoms with Crippen LogP contribution in [0.15, 0.2) is 36.9 Å². The van der Waals surface area contributed by atoms with Gasteiger partial charge in [-0.15, -0.1) is 0 Å². The van der Waals surface area contributed by atoms with E-state index in [2.05, 4.69) is 11.9 Å². The van der Waals surface area contributed by atoms with Gasteiger partial charge >= 0.3 is 0 Å². The topological polar surface area (TPSA) is 49.4 Å². The van der Waals surface area contributed by atoms with Gasteiger partial charge in [0.05, 0.1) is 0 Å². The Morgan fingerprint density at radius 2 is 2.33 bits per heavy atom. The molecule has 1 aromatic carbocycles. The third-order valence-corrected chi connectivity index (χ3v) is 2.95. The highest BCUT2D eigenvalue weighted by molar-refractivity contribution is 5.95. The van der Waals surface area contributed by atoms with Crippen LogP contribution in [0.4, 0.5) is 5.69 Å². The van der Waals surface area contributed by atoms with Crippen LogP contribution in [0.3, 0.4) is 0 Å². The molecule has 0 spiro atoms. The fourth-order valence-corrected chi connectivity index (χ4v) is 2.02. The van der Waals surface area contributed by atoms with Gasteiger partial charge in [-0.2, -0.15) is 0 Å². The number of hydrogen-bond donors (Lipinski definition) is 1. The molecule has 0 atom stereocenters. The Balaban J connectivity index is 2.07. The molecule has 2 amide bonds.